The molecule has 0 fully saturated rings. The van der Waals surface area contributed by atoms with Crippen LogP contribution in [0.2, 0.25) is 0 Å². The SMILES string of the molecule is O=C(O)c1cc(C#CCCS)ccc1F. The van der Waals surface area contributed by atoms with E-state index in [-0.39, 0.29) is 5.56 Å². The molecule has 1 aromatic rings. The van der Waals surface area contributed by atoms with Crippen LogP contribution in [-0.2, 0) is 0 Å². The number of halogens is 1. The summed E-state index contributed by atoms with van der Waals surface area (Å²) in [4.78, 5) is 10.6. The lowest BCUT2D eigenvalue weighted by Crippen LogP contribution is -2.00. The van der Waals surface area contributed by atoms with Crippen molar-refractivity contribution in [1.82, 2.24) is 0 Å². The molecule has 0 aliphatic heterocycles. The summed E-state index contributed by atoms with van der Waals surface area (Å²) in [6.07, 6.45) is 0.614. The highest BCUT2D eigenvalue weighted by Gasteiger charge is 2.09. The molecule has 0 spiro atoms. The molecule has 2 nitrogen and oxygen atoms in total. The lowest BCUT2D eigenvalue weighted by molar-refractivity contribution is 0.0692. The number of rotatable bonds is 2. The summed E-state index contributed by atoms with van der Waals surface area (Å²) in [6, 6.07) is 3.78. The quantitative estimate of drug-likeness (QED) is 0.597. The number of carbonyl (C=O) groups is 1. The first kappa shape index (κ1) is 11.6. The number of carboxylic acids is 1. The van der Waals surface area contributed by atoms with Crippen molar-refractivity contribution in [1.29, 1.82) is 0 Å². The Morgan fingerprint density at radius 3 is 2.87 bits per heavy atom. The first-order valence-electron chi connectivity index (χ1n) is 4.27. The Morgan fingerprint density at radius 1 is 1.53 bits per heavy atom. The topological polar surface area (TPSA) is 37.3 Å². The van der Waals surface area contributed by atoms with E-state index in [0.717, 1.165) is 6.07 Å². The van der Waals surface area contributed by atoms with Crippen LogP contribution in [0.5, 0.6) is 0 Å². The third-order valence-corrected chi connectivity index (χ3v) is 1.89. The number of thiol groups is 1. The summed E-state index contributed by atoms with van der Waals surface area (Å²) in [5.41, 5.74) is 0.142. The minimum atomic E-state index is -1.29. The molecule has 15 heavy (non-hydrogen) atoms. The Hall–Kier alpha value is -1.47. The van der Waals surface area contributed by atoms with Crippen molar-refractivity contribution in [3.8, 4) is 11.8 Å². The highest BCUT2D eigenvalue weighted by molar-refractivity contribution is 7.80. The summed E-state index contributed by atoms with van der Waals surface area (Å²) in [5.74, 6) is 4.14. The van der Waals surface area contributed by atoms with Gasteiger partial charge in [0.25, 0.3) is 0 Å². The Bertz CT molecular complexity index is 432. The minimum absolute atomic E-state index is 0.354. The van der Waals surface area contributed by atoms with E-state index in [2.05, 4.69) is 24.5 Å². The third-order valence-electron chi connectivity index (χ3n) is 1.67. The van der Waals surface area contributed by atoms with Gasteiger partial charge in [0.15, 0.2) is 0 Å². The Balaban J connectivity index is 2.99. The summed E-state index contributed by atoms with van der Waals surface area (Å²) in [5, 5.41) is 8.66. The van der Waals surface area contributed by atoms with E-state index < -0.39 is 11.8 Å². The standard InChI is InChI=1S/C11H9FO2S/c12-10-5-4-8(3-1-2-6-15)7-9(10)11(13)14/h4-5,7,15H,2,6H2,(H,13,14). The summed E-state index contributed by atoms with van der Waals surface area (Å²) >= 11 is 3.98. The number of aromatic carboxylic acids is 1. The molecule has 0 saturated carbocycles. The smallest absolute Gasteiger partial charge is 0.338 e. The van der Waals surface area contributed by atoms with Crippen molar-refractivity contribution >= 4 is 18.6 Å². The Morgan fingerprint density at radius 2 is 2.27 bits per heavy atom. The van der Waals surface area contributed by atoms with Gasteiger partial charge in [-0.1, -0.05) is 11.8 Å². The fourth-order valence-electron chi connectivity index (χ4n) is 0.987. The Labute approximate surface area is 92.5 Å². The van der Waals surface area contributed by atoms with Gasteiger partial charge in [-0.05, 0) is 18.2 Å². The first-order chi connectivity index (χ1) is 7.15. The van der Waals surface area contributed by atoms with Gasteiger partial charge in [0.05, 0.1) is 5.56 Å². The van der Waals surface area contributed by atoms with E-state index in [0.29, 0.717) is 17.7 Å². The van der Waals surface area contributed by atoms with Gasteiger partial charge >= 0.3 is 5.97 Å². The van der Waals surface area contributed by atoms with Gasteiger partial charge in [-0.15, -0.1) is 0 Å². The third kappa shape index (κ3) is 3.30. The van der Waals surface area contributed by atoms with Crippen LogP contribution in [0.15, 0.2) is 18.2 Å². The molecule has 0 saturated heterocycles. The second-order valence-electron chi connectivity index (χ2n) is 2.78. The highest BCUT2D eigenvalue weighted by Crippen LogP contribution is 2.09. The van der Waals surface area contributed by atoms with Crippen molar-refractivity contribution in [2.45, 2.75) is 6.42 Å². The van der Waals surface area contributed by atoms with Crippen LogP contribution >= 0.6 is 12.6 Å². The number of carboxylic acid groups (broad SMARTS) is 1. The van der Waals surface area contributed by atoms with Gasteiger partial charge in [-0.25, -0.2) is 9.18 Å². The van der Waals surface area contributed by atoms with Gasteiger partial charge in [-0.2, -0.15) is 12.6 Å². The van der Waals surface area contributed by atoms with Crippen molar-refractivity contribution in [3.63, 3.8) is 0 Å². The predicted molar refractivity (Wildman–Crippen MR) is 58.7 cm³/mol. The molecule has 0 aliphatic rings. The van der Waals surface area contributed by atoms with Crippen LogP contribution in [0.25, 0.3) is 0 Å². The average Bonchev–Trinajstić information content (AvgIpc) is 2.20. The zero-order valence-electron chi connectivity index (χ0n) is 7.83. The zero-order chi connectivity index (χ0) is 11.3. The van der Waals surface area contributed by atoms with E-state index in [1.54, 1.807) is 0 Å². The van der Waals surface area contributed by atoms with Crippen LogP contribution in [0.4, 0.5) is 4.39 Å². The molecule has 0 bridgehead atoms. The van der Waals surface area contributed by atoms with Crippen LogP contribution in [0.1, 0.15) is 22.3 Å². The maximum Gasteiger partial charge on any atom is 0.338 e. The predicted octanol–water partition coefficient (Wildman–Crippen LogP) is 2.20. The largest absolute Gasteiger partial charge is 0.478 e. The molecule has 0 unspecified atom stereocenters. The van der Waals surface area contributed by atoms with Crippen molar-refractivity contribution in [2.24, 2.45) is 0 Å². The maximum atomic E-state index is 13.0. The van der Waals surface area contributed by atoms with E-state index in [4.69, 9.17) is 5.11 Å². The van der Waals surface area contributed by atoms with Gasteiger partial charge in [0, 0.05) is 17.7 Å². The monoisotopic (exact) mass is 224 g/mol. The van der Waals surface area contributed by atoms with Crippen molar-refractivity contribution in [2.75, 3.05) is 5.75 Å². The van der Waals surface area contributed by atoms with Gasteiger partial charge in [0.1, 0.15) is 5.82 Å². The van der Waals surface area contributed by atoms with E-state index in [1.165, 1.54) is 12.1 Å². The molecular formula is C11H9FO2S. The number of hydrogen-bond donors (Lipinski definition) is 2. The molecule has 0 aromatic heterocycles. The molecule has 4 heteroatoms. The maximum absolute atomic E-state index is 13.0. The second-order valence-corrected chi connectivity index (χ2v) is 3.22. The van der Waals surface area contributed by atoms with E-state index >= 15 is 0 Å². The van der Waals surface area contributed by atoms with Crippen LogP contribution in [0.3, 0.4) is 0 Å². The normalized spacial score (nSPS) is 9.20. The van der Waals surface area contributed by atoms with Crippen molar-refractivity contribution < 1.29 is 14.3 Å². The minimum Gasteiger partial charge on any atom is -0.478 e. The van der Waals surface area contributed by atoms with Gasteiger partial charge in [0.2, 0.25) is 0 Å². The molecule has 0 atom stereocenters. The zero-order valence-corrected chi connectivity index (χ0v) is 8.72. The number of benzene rings is 1. The molecule has 1 N–H and O–H groups in total. The summed E-state index contributed by atoms with van der Waals surface area (Å²) in [6.45, 7) is 0. The second kappa shape index (κ2) is 5.42. The summed E-state index contributed by atoms with van der Waals surface area (Å²) < 4.78 is 13.0. The van der Waals surface area contributed by atoms with E-state index in [9.17, 15) is 9.18 Å². The lowest BCUT2D eigenvalue weighted by Gasteiger charge is -1.97. The summed E-state index contributed by atoms with van der Waals surface area (Å²) in [7, 11) is 0. The molecule has 0 heterocycles. The molecular weight excluding hydrogens is 215 g/mol. The molecule has 0 aliphatic carbocycles. The van der Waals surface area contributed by atoms with Gasteiger partial charge < -0.3 is 5.11 Å². The highest BCUT2D eigenvalue weighted by atomic mass is 32.1. The Kier molecular flexibility index (Phi) is 4.19. The van der Waals surface area contributed by atoms with Crippen LogP contribution < -0.4 is 0 Å². The fourth-order valence-corrected chi connectivity index (χ4v) is 1.10. The lowest BCUT2D eigenvalue weighted by atomic mass is 10.1. The fraction of sp³-hybridized carbons (Fsp3) is 0.182. The van der Waals surface area contributed by atoms with E-state index in [1.807, 2.05) is 0 Å². The number of hydrogen-bond acceptors (Lipinski definition) is 2. The van der Waals surface area contributed by atoms with Crippen LogP contribution in [-0.4, -0.2) is 16.8 Å². The molecule has 1 aromatic carbocycles. The molecule has 1 rings (SSSR count). The van der Waals surface area contributed by atoms with Gasteiger partial charge in [-0.3, -0.25) is 0 Å². The molecule has 0 radical (unpaired) electrons. The molecule has 0 amide bonds. The first-order valence-corrected chi connectivity index (χ1v) is 4.91. The average molecular weight is 224 g/mol. The van der Waals surface area contributed by atoms with Crippen molar-refractivity contribution in [3.05, 3.63) is 35.1 Å². The van der Waals surface area contributed by atoms with Crippen LogP contribution in [0, 0.1) is 17.7 Å². The molecule has 78 valence electrons.